The summed E-state index contributed by atoms with van der Waals surface area (Å²) < 4.78 is 5.61. The lowest BCUT2D eigenvalue weighted by molar-refractivity contribution is 0.243. The Labute approximate surface area is 97.7 Å². The summed E-state index contributed by atoms with van der Waals surface area (Å²) in [4.78, 5) is 2.21. The van der Waals surface area contributed by atoms with Crippen LogP contribution in [0.2, 0.25) is 0 Å². The average molecular weight is 223 g/mol. The molecule has 1 aromatic carbocycles. The fraction of sp³-hybridized carbons (Fsp3) is 0.538. The van der Waals surface area contributed by atoms with Gasteiger partial charge in [-0.25, -0.2) is 0 Å². The van der Waals surface area contributed by atoms with E-state index in [4.69, 9.17) is 9.84 Å². The zero-order valence-electron chi connectivity index (χ0n) is 10.1. The molecule has 0 aromatic heterocycles. The topological polar surface area (TPSA) is 32.7 Å². The second kappa shape index (κ2) is 7.25. The summed E-state index contributed by atoms with van der Waals surface area (Å²) in [5, 5.41) is 8.78. The number of aliphatic hydroxyl groups is 1. The van der Waals surface area contributed by atoms with Gasteiger partial charge in [-0.1, -0.05) is 19.1 Å². The molecule has 0 saturated heterocycles. The predicted molar refractivity (Wildman–Crippen MR) is 65.9 cm³/mol. The third-order valence-corrected chi connectivity index (χ3v) is 2.61. The minimum absolute atomic E-state index is 0.196. The van der Waals surface area contributed by atoms with E-state index >= 15 is 0 Å². The number of hydrogen-bond donors (Lipinski definition) is 1. The summed E-state index contributed by atoms with van der Waals surface area (Å²) in [6.45, 7) is 5.02. The van der Waals surface area contributed by atoms with Crippen LogP contribution in [0.25, 0.3) is 0 Å². The van der Waals surface area contributed by atoms with Gasteiger partial charge in [0.1, 0.15) is 12.4 Å². The van der Waals surface area contributed by atoms with Crippen LogP contribution in [0.5, 0.6) is 5.75 Å². The minimum Gasteiger partial charge on any atom is -0.492 e. The Bertz CT molecular complexity index is 284. The van der Waals surface area contributed by atoms with E-state index < -0.39 is 0 Å². The van der Waals surface area contributed by atoms with Gasteiger partial charge in [-0.3, -0.25) is 0 Å². The van der Waals surface area contributed by atoms with Gasteiger partial charge >= 0.3 is 0 Å². The van der Waals surface area contributed by atoms with Crippen molar-refractivity contribution in [3.05, 3.63) is 29.8 Å². The van der Waals surface area contributed by atoms with Gasteiger partial charge < -0.3 is 14.7 Å². The van der Waals surface area contributed by atoms with Crippen LogP contribution in [0.1, 0.15) is 12.5 Å². The van der Waals surface area contributed by atoms with Crippen molar-refractivity contribution in [3.63, 3.8) is 0 Å². The van der Waals surface area contributed by atoms with E-state index in [9.17, 15) is 0 Å². The second-order valence-corrected chi connectivity index (χ2v) is 3.86. The van der Waals surface area contributed by atoms with E-state index in [1.165, 1.54) is 0 Å². The highest BCUT2D eigenvalue weighted by Gasteiger charge is 1.97. The van der Waals surface area contributed by atoms with Crippen molar-refractivity contribution >= 4 is 0 Å². The van der Waals surface area contributed by atoms with Gasteiger partial charge in [-0.15, -0.1) is 0 Å². The van der Waals surface area contributed by atoms with Gasteiger partial charge in [-0.2, -0.15) is 0 Å². The highest BCUT2D eigenvalue weighted by atomic mass is 16.5. The van der Waals surface area contributed by atoms with Crippen LogP contribution < -0.4 is 4.74 Å². The van der Waals surface area contributed by atoms with Crippen molar-refractivity contribution in [1.82, 2.24) is 4.90 Å². The molecule has 16 heavy (non-hydrogen) atoms. The number of ether oxygens (including phenoxy) is 1. The van der Waals surface area contributed by atoms with Crippen LogP contribution in [0.15, 0.2) is 24.3 Å². The molecule has 0 heterocycles. The SMILES string of the molecule is CCN(C)CCOc1ccc(CCO)cc1. The first-order valence-corrected chi connectivity index (χ1v) is 5.77. The Morgan fingerprint density at radius 3 is 2.50 bits per heavy atom. The molecule has 0 spiro atoms. The van der Waals surface area contributed by atoms with Crippen molar-refractivity contribution < 1.29 is 9.84 Å². The van der Waals surface area contributed by atoms with Crippen LogP contribution in [0, 0.1) is 0 Å². The van der Waals surface area contributed by atoms with E-state index in [-0.39, 0.29) is 6.61 Å². The summed E-state index contributed by atoms with van der Waals surface area (Å²) in [5.74, 6) is 0.895. The molecular weight excluding hydrogens is 202 g/mol. The van der Waals surface area contributed by atoms with Crippen molar-refractivity contribution in [2.45, 2.75) is 13.3 Å². The Balaban J connectivity index is 2.31. The number of hydrogen-bond acceptors (Lipinski definition) is 3. The van der Waals surface area contributed by atoms with E-state index in [1.54, 1.807) is 0 Å². The molecule has 3 heteroatoms. The monoisotopic (exact) mass is 223 g/mol. The minimum atomic E-state index is 0.196. The second-order valence-electron chi connectivity index (χ2n) is 3.86. The summed E-state index contributed by atoms with van der Waals surface area (Å²) in [5.41, 5.74) is 1.14. The summed E-state index contributed by atoms with van der Waals surface area (Å²) in [6.07, 6.45) is 0.707. The third kappa shape index (κ3) is 4.64. The van der Waals surface area contributed by atoms with Crippen molar-refractivity contribution in [3.8, 4) is 5.75 Å². The Hall–Kier alpha value is -1.06. The van der Waals surface area contributed by atoms with Gasteiger partial charge in [0, 0.05) is 13.2 Å². The highest BCUT2D eigenvalue weighted by Crippen LogP contribution is 2.12. The highest BCUT2D eigenvalue weighted by molar-refractivity contribution is 5.27. The van der Waals surface area contributed by atoms with Crippen molar-refractivity contribution in [2.75, 3.05) is 33.4 Å². The quantitative estimate of drug-likeness (QED) is 0.761. The molecule has 0 aliphatic carbocycles. The number of rotatable bonds is 7. The van der Waals surface area contributed by atoms with Crippen LogP contribution in [-0.4, -0.2) is 43.4 Å². The lowest BCUT2D eigenvalue weighted by Gasteiger charge is -2.14. The van der Waals surface area contributed by atoms with Crippen LogP contribution in [0.3, 0.4) is 0 Å². The maximum absolute atomic E-state index is 8.78. The Morgan fingerprint density at radius 1 is 1.25 bits per heavy atom. The maximum atomic E-state index is 8.78. The smallest absolute Gasteiger partial charge is 0.119 e. The summed E-state index contributed by atoms with van der Waals surface area (Å²) in [6, 6.07) is 7.90. The van der Waals surface area contributed by atoms with Crippen molar-refractivity contribution in [2.24, 2.45) is 0 Å². The van der Waals surface area contributed by atoms with Crippen molar-refractivity contribution in [1.29, 1.82) is 0 Å². The van der Waals surface area contributed by atoms with Gasteiger partial charge in [0.25, 0.3) is 0 Å². The molecule has 0 saturated carbocycles. The molecule has 0 amide bonds. The third-order valence-electron chi connectivity index (χ3n) is 2.61. The molecule has 1 rings (SSSR count). The Kier molecular flexibility index (Phi) is 5.90. The molecule has 0 unspecified atom stereocenters. The van der Waals surface area contributed by atoms with Gasteiger partial charge in [-0.05, 0) is 37.7 Å². The lowest BCUT2D eigenvalue weighted by Crippen LogP contribution is -2.23. The molecule has 1 aromatic rings. The average Bonchev–Trinajstić information content (AvgIpc) is 2.31. The van der Waals surface area contributed by atoms with Gasteiger partial charge in [0.2, 0.25) is 0 Å². The Morgan fingerprint density at radius 2 is 1.94 bits per heavy atom. The molecule has 1 N–H and O–H groups in total. The molecule has 0 aliphatic rings. The van der Waals surface area contributed by atoms with E-state index in [2.05, 4.69) is 18.9 Å². The van der Waals surface area contributed by atoms with Crippen LogP contribution in [-0.2, 0) is 6.42 Å². The zero-order chi connectivity index (χ0) is 11.8. The first-order chi connectivity index (χ1) is 7.76. The summed E-state index contributed by atoms with van der Waals surface area (Å²) >= 11 is 0. The van der Waals surface area contributed by atoms with Gasteiger partial charge in [0.15, 0.2) is 0 Å². The normalized spacial score (nSPS) is 10.8. The number of likely N-dealkylation sites (N-methyl/N-ethyl adjacent to an activating group) is 1. The van der Waals surface area contributed by atoms with Gasteiger partial charge in [0.05, 0.1) is 0 Å². The molecule has 0 radical (unpaired) electrons. The zero-order valence-corrected chi connectivity index (χ0v) is 10.1. The molecule has 0 aliphatic heterocycles. The molecule has 3 nitrogen and oxygen atoms in total. The van der Waals surface area contributed by atoms with E-state index in [0.29, 0.717) is 13.0 Å². The van der Waals surface area contributed by atoms with Crippen LogP contribution >= 0.6 is 0 Å². The number of aliphatic hydroxyl groups excluding tert-OH is 1. The fourth-order valence-electron chi connectivity index (χ4n) is 1.36. The van der Waals surface area contributed by atoms with E-state index in [0.717, 1.165) is 24.4 Å². The molecule has 0 fully saturated rings. The molecular formula is C13H21NO2. The summed E-state index contributed by atoms with van der Waals surface area (Å²) in [7, 11) is 2.08. The fourth-order valence-corrected chi connectivity index (χ4v) is 1.36. The number of benzene rings is 1. The maximum Gasteiger partial charge on any atom is 0.119 e. The van der Waals surface area contributed by atoms with E-state index in [1.807, 2.05) is 24.3 Å². The largest absolute Gasteiger partial charge is 0.492 e. The first kappa shape index (κ1) is 13.0. The predicted octanol–water partition coefficient (Wildman–Crippen LogP) is 1.55. The standard InChI is InChI=1S/C13H21NO2/c1-3-14(2)9-11-16-13-6-4-12(5-7-13)8-10-15/h4-7,15H,3,8-11H2,1-2H3. The molecule has 0 bridgehead atoms. The number of nitrogens with zero attached hydrogens (tertiary/aromatic N) is 1. The molecule has 0 atom stereocenters. The lowest BCUT2D eigenvalue weighted by atomic mass is 10.1. The first-order valence-electron chi connectivity index (χ1n) is 5.77. The molecule has 90 valence electrons. The van der Waals surface area contributed by atoms with Crippen LogP contribution in [0.4, 0.5) is 0 Å².